The van der Waals surface area contributed by atoms with E-state index in [2.05, 4.69) is 16.3 Å². The first kappa shape index (κ1) is 17.9. The van der Waals surface area contributed by atoms with Gasteiger partial charge in [0.15, 0.2) is 0 Å². The van der Waals surface area contributed by atoms with Crippen molar-refractivity contribution >= 4 is 5.91 Å². The highest BCUT2D eigenvalue weighted by molar-refractivity contribution is 5.96. The van der Waals surface area contributed by atoms with Gasteiger partial charge in [0.1, 0.15) is 5.82 Å². The van der Waals surface area contributed by atoms with E-state index in [0.717, 1.165) is 29.8 Å². The number of carbonyl (C=O) groups excluding carboxylic acids is 1. The molecule has 1 aromatic heterocycles. The van der Waals surface area contributed by atoms with Crippen LogP contribution in [-0.2, 0) is 0 Å². The molecule has 0 radical (unpaired) electrons. The first-order chi connectivity index (χ1) is 13.7. The van der Waals surface area contributed by atoms with E-state index in [0.29, 0.717) is 24.2 Å². The number of benzene rings is 2. The molecule has 0 saturated carbocycles. The largest absolute Gasteiger partial charge is 0.339 e. The number of aromatic nitrogens is 2. The molecule has 1 amide bonds. The molecule has 1 aliphatic heterocycles. The van der Waals surface area contributed by atoms with Crippen molar-refractivity contribution in [3.05, 3.63) is 77.2 Å². The molecule has 2 heterocycles. The van der Waals surface area contributed by atoms with Crippen LogP contribution in [-0.4, -0.2) is 34.1 Å². The van der Waals surface area contributed by atoms with E-state index in [1.54, 1.807) is 36.4 Å². The maximum absolute atomic E-state index is 13.1. The maximum Gasteiger partial charge on any atom is 0.255 e. The predicted molar refractivity (Wildman–Crippen MR) is 103 cm³/mol. The van der Waals surface area contributed by atoms with Crippen LogP contribution in [0.25, 0.3) is 11.3 Å². The van der Waals surface area contributed by atoms with Crippen LogP contribution < -0.4 is 0 Å². The van der Waals surface area contributed by atoms with Gasteiger partial charge >= 0.3 is 0 Å². The first-order valence-corrected chi connectivity index (χ1v) is 9.25. The van der Waals surface area contributed by atoms with Crippen LogP contribution in [0.5, 0.6) is 0 Å². The zero-order chi connectivity index (χ0) is 19.5. The van der Waals surface area contributed by atoms with Gasteiger partial charge in [-0.25, -0.2) is 4.39 Å². The number of nitrogens with one attached hydrogen (secondary N) is 1. The van der Waals surface area contributed by atoms with Crippen molar-refractivity contribution in [3.63, 3.8) is 0 Å². The van der Waals surface area contributed by atoms with Crippen LogP contribution in [0, 0.1) is 17.1 Å². The van der Waals surface area contributed by atoms with Crippen LogP contribution in [0.2, 0.25) is 0 Å². The van der Waals surface area contributed by atoms with Crippen molar-refractivity contribution in [2.45, 2.75) is 18.8 Å². The molecule has 1 saturated heterocycles. The van der Waals surface area contributed by atoms with Crippen molar-refractivity contribution in [2.24, 2.45) is 0 Å². The fraction of sp³-hybridized carbons (Fsp3) is 0.227. The number of hydrogen-bond donors (Lipinski definition) is 1. The molecule has 6 heteroatoms. The average Bonchev–Trinajstić information content (AvgIpc) is 3.24. The van der Waals surface area contributed by atoms with E-state index in [1.807, 2.05) is 11.0 Å². The molecule has 0 bridgehead atoms. The van der Waals surface area contributed by atoms with E-state index in [-0.39, 0.29) is 17.6 Å². The Bertz CT molecular complexity index is 1030. The summed E-state index contributed by atoms with van der Waals surface area (Å²) in [6.07, 6.45) is 1.65. The standard InChI is InChI=1S/C22H19FN4O/c23-18-7-5-15(6-8-18)20-13-21(26-25-20)16-9-11-27(12-10-16)22(28)19-4-2-1-3-17(19)14-24/h1-8,13,16H,9-12H2,(H,25,26). The number of rotatable bonds is 3. The third-order valence-corrected chi connectivity index (χ3v) is 5.24. The average molecular weight is 374 g/mol. The predicted octanol–water partition coefficient (Wildman–Crippen LogP) is 4.11. The Labute approximate surface area is 162 Å². The second-order valence-corrected chi connectivity index (χ2v) is 6.94. The highest BCUT2D eigenvalue weighted by atomic mass is 19.1. The van der Waals surface area contributed by atoms with Crippen LogP contribution >= 0.6 is 0 Å². The number of nitrogens with zero attached hydrogens (tertiary/aromatic N) is 3. The SMILES string of the molecule is N#Cc1ccccc1C(=O)N1CCC(c2cc(-c3ccc(F)cc3)n[nH]2)CC1. The van der Waals surface area contributed by atoms with Gasteiger partial charge in [-0.15, -0.1) is 0 Å². The topological polar surface area (TPSA) is 72.8 Å². The molecule has 0 spiro atoms. The summed E-state index contributed by atoms with van der Waals surface area (Å²) in [5, 5.41) is 16.7. The normalized spacial score (nSPS) is 14.6. The molecule has 28 heavy (non-hydrogen) atoms. The minimum atomic E-state index is -0.269. The number of hydrogen-bond acceptors (Lipinski definition) is 3. The van der Waals surface area contributed by atoms with Gasteiger partial charge in [0.05, 0.1) is 22.9 Å². The number of piperidine rings is 1. The van der Waals surface area contributed by atoms with Gasteiger partial charge in [0.25, 0.3) is 5.91 Å². The number of halogens is 1. The monoisotopic (exact) mass is 374 g/mol. The lowest BCUT2D eigenvalue weighted by molar-refractivity contribution is 0.0712. The summed E-state index contributed by atoms with van der Waals surface area (Å²) in [5.74, 6) is -0.0707. The summed E-state index contributed by atoms with van der Waals surface area (Å²) in [4.78, 5) is 14.6. The fourth-order valence-electron chi connectivity index (χ4n) is 3.65. The number of H-pyrrole nitrogens is 1. The van der Waals surface area contributed by atoms with Crippen molar-refractivity contribution in [1.29, 1.82) is 5.26 Å². The molecular formula is C22H19FN4O. The third-order valence-electron chi connectivity index (χ3n) is 5.24. The Kier molecular flexibility index (Phi) is 4.90. The quantitative estimate of drug-likeness (QED) is 0.750. The van der Waals surface area contributed by atoms with E-state index < -0.39 is 0 Å². The van der Waals surface area contributed by atoms with Crippen molar-refractivity contribution in [3.8, 4) is 17.3 Å². The van der Waals surface area contributed by atoms with Gasteiger partial charge in [-0.1, -0.05) is 12.1 Å². The lowest BCUT2D eigenvalue weighted by atomic mass is 9.92. The van der Waals surface area contributed by atoms with Crippen molar-refractivity contribution < 1.29 is 9.18 Å². The highest BCUT2D eigenvalue weighted by Crippen LogP contribution is 2.30. The van der Waals surface area contributed by atoms with Crippen LogP contribution in [0.15, 0.2) is 54.6 Å². The van der Waals surface area contributed by atoms with E-state index in [1.165, 1.54) is 12.1 Å². The number of nitriles is 1. The number of aromatic amines is 1. The Balaban J connectivity index is 1.43. The molecule has 140 valence electrons. The van der Waals surface area contributed by atoms with E-state index >= 15 is 0 Å². The van der Waals surface area contributed by atoms with Crippen LogP contribution in [0.1, 0.15) is 40.4 Å². The molecule has 2 aromatic carbocycles. The number of likely N-dealkylation sites (tertiary alicyclic amines) is 1. The third kappa shape index (κ3) is 3.52. The highest BCUT2D eigenvalue weighted by Gasteiger charge is 2.26. The molecule has 0 atom stereocenters. The van der Waals surface area contributed by atoms with Crippen LogP contribution in [0.4, 0.5) is 4.39 Å². The lowest BCUT2D eigenvalue weighted by Gasteiger charge is -2.31. The smallest absolute Gasteiger partial charge is 0.255 e. The Morgan fingerprint density at radius 2 is 1.86 bits per heavy atom. The summed E-state index contributed by atoms with van der Waals surface area (Å²) in [5.41, 5.74) is 3.56. The van der Waals surface area contributed by atoms with Gasteiger partial charge in [-0.05, 0) is 55.3 Å². The second kappa shape index (κ2) is 7.65. The van der Waals surface area contributed by atoms with E-state index in [4.69, 9.17) is 0 Å². The molecule has 0 aliphatic carbocycles. The summed E-state index contributed by atoms with van der Waals surface area (Å²) >= 11 is 0. The van der Waals surface area contributed by atoms with Crippen LogP contribution in [0.3, 0.4) is 0 Å². The maximum atomic E-state index is 13.1. The van der Waals surface area contributed by atoms with Crippen molar-refractivity contribution in [2.75, 3.05) is 13.1 Å². The molecule has 1 aliphatic rings. The van der Waals surface area contributed by atoms with Gasteiger partial charge < -0.3 is 4.90 Å². The molecule has 0 unspecified atom stereocenters. The number of amides is 1. The minimum Gasteiger partial charge on any atom is -0.339 e. The summed E-state index contributed by atoms with van der Waals surface area (Å²) < 4.78 is 13.1. The molecule has 1 fully saturated rings. The van der Waals surface area contributed by atoms with Crippen molar-refractivity contribution in [1.82, 2.24) is 15.1 Å². The summed E-state index contributed by atoms with van der Waals surface area (Å²) in [7, 11) is 0. The van der Waals surface area contributed by atoms with Gasteiger partial charge in [-0.2, -0.15) is 10.4 Å². The number of carbonyl (C=O) groups is 1. The van der Waals surface area contributed by atoms with Gasteiger partial charge in [0.2, 0.25) is 0 Å². The Morgan fingerprint density at radius 3 is 2.57 bits per heavy atom. The molecule has 3 aromatic rings. The molecule has 5 nitrogen and oxygen atoms in total. The molecular weight excluding hydrogens is 355 g/mol. The van der Waals surface area contributed by atoms with Gasteiger partial charge in [-0.3, -0.25) is 9.89 Å². The lowest BCUT2D eigenvalue weighted by Crippen LogP contribution is -2.38. The summed E-state index contributed by atoms with van der Waals surface area (Å²) in [6.45, 7) is 1.27. The Morgan fingerprint density at radius 1 is 1.14 bits per heavy atom. The van der Waals surface area contributed by atoms with Gasteiger partial charge in [0, 0.05) is 30.3 Å². The first-order valence-electron chi connectivity index (χ1n) is 9.25. The minimum absolute atomic E-state index is 0.0905. The molecule has 4 rings (SSSR count). The second-order valence-electron chi connectivity index (χ2n) is 6.94. The summed E-state index contributed by atoms with van der Waals surface area (Å²) in [6, 6.07) is 17.3. The zero-order valence-electron chi connectivity index (χ0n) is 15.2. The van der Waals surface area contributed by atoms with E-state index in [9.17, 15) is 14.4 Å². The zero-order valence-corrected chi connectivity index (χ0v) is 15.2. The fourth-order valence-corrected chi connectivity index (χ4v) is 3.65. The Hall–Kier alpha value is -3.46. The molecule has 1 N–H and O–H groups in total.